The summed E-state index contributed by atoms with van der Waals surface area (Å²) in [6.45, 7) is 11.8. The minimum absolute atomic E-state index is 0.258. The smallest absolute Gasteiger partial charge is 0.328 e. The highest BCUT2D eigenvalue weighted by atomic mass is 32.2. The summed E-state index contributed by atoms with van der Waals surface area (Å²) in [6.07, 6.45) is 4.81. The van der Waals surface area contributed by atoms with Crippen LogP contribution in [0.15, 0.2) is 42.5 Å². The van der Waals surface area contributed by atoms with Crippen LogP contribution in [-0.2, 0) is 20.8 Å². The van der Waals surface area contributed by atoms with Gasteiger partial charge in [0.15, 0.2) is 0 Å². The molecular formula is C31H45N3O4S. The van der Waals surface area contributed by atoms with Crippen LogP contribution < -0.4 is 5.32 Å². The highest BCUT2D eigenvalue weighted by molar-refractivity contribution is 7.98. The van der Waals surface area contributed by atoms with Gasteiger partial charge >= 0.3 is 5.97 Å². The van der Waals surface area contributed by atoms with E-state index in [0.29, 0.717) is 12.0 Å². The summed E-state index contributed by atoms with van der Waals surface area (Å²) in [5, 5.41) is 2.94. The molecule has 0 saturated carbocycles. The molecule has 8 heteroatoms. The molecule has 1 saturated heterocycles. The van der Waals surface area contributed by atoms with Gasteiger partial charge in [0.05, 0.1) is 20.3 Å². The maximum absolute atomic E-state index is 13.5. The summed E-state index contributed by atoms with van der Waals surface area (Å²) in [5.74, 6) is 0.0755. The van der Waals surface area contributed by atoms with Gasteiger partial charge in [0.25, 0.3) is 5.91 Å². The molecule has 39 heavy (non-hydrogen) atoms. The van der Waals surface area contributed by atoms with Crippen molar-refractivity contribution >= 4 is 23.6 Å². The second-order valence-corrected chi connectivity index (χ2v) is 11.1. The Morgan fingerprint density at radius 2 is 1.90 bits per heavy atom. The van der Waals surface area contributed by atoms with Crippen LogP contribution in [0.4, 0.5) is 0 Å². The number of benzene rings is 2. The van der Waals surface area contributed by atoms with Crippen molar-refractivity contribution in [2.24, 2.45) is 0 Å². The van der Waals surface area contributed by atoms with Crippen molar-refractivity contribution in [1.29, 1.82) is 0 Å². The van der Waals surface area contributed by atoms with E-state index in [1.807, 2.05) is 24.5 Å². The van der Waals surface area contributed by atoms with Crippen LogP contribution in [0.3, 0.4) is 0 Å². The number of amides is 1. The fraction of sp³-hybridized carbons (Fsp3) is 0.548. The first-order chi connectivity index (χ1) is 19.0. The monoisotopic (exact) mass is 555 g/mol. The Kier molecular flexibility index (Phi) is 13.3. The lowest BCUT2D eigenvalue weighted by atomic mass is 9.93. The van der Waals surface area contributed by atoms with Gasteiger partial charge in [0.2, 0.25) is 0 Å². The lowest BCUT2D eigenvalue weighted by molar-refractivity contribution is -0.142. The number of ether oxygens (including phenoxy) is 2. The molecule has 7 nitrogen and oxygen atoms in total. The van der Waals surface area contributed by atoms with Crippen LogP contribution in [-0.4, -0.2) is 92.8 Å². The van der Waals surface area contributed by atoms with E-state index in [0.717, 1.165) is 87.8 Å². The average Bonchev–Trinajstić information content (AvgIpc) is 2.96. The van der Waals surface area contributed by atoms with Crippen LogP contribution in [0.1, 0.15) is 47.7 Å². The number of hydrogen-bond donors (Lipinski definition) is 1. The number of unbranched alkanes of at least 4 members (excludes halogenated alkanes) is 1. The quantitative estimate of drug-likeness (QED) is 0.322. The molecule has 2 aromatic carbocycles. The third-order valence-corrected chi connectivity index (χ3v) is 7.88. The second-order valence-electron chi connectivity index (χ2n) is 10.1. The van der Waals surface area contributed by atoms with Gasteiger partial charge < -0.3 is 14.8 Å². The van der Waals surface area contributed by atoms with Crippen LogP contribution in [0.2, 0.25) is 0 Å². The van der Waals surface area contributed by atoms with E-state index in [-0.39, 0.29) is 5.91 Å². The summed E-state index contributed by atoms with van der Waals surface area (Å²) in [4.78, 5) is 30.9. The molecule has 1 heterocycles. The number of thioether (sulfide) groups is 1. The minimum atomic E-state index is -0.677. The Labute approximate surface area is 238 Å². The van der Waals surface area contributed by atoms with E-state index in [9.17, 15) is 9.59 Å². The molecule has 1 N–H and O–H groups in total. The number of morpholine rings is 1. The molecule has 0 aromatic heterocycles. The fourth-order valence-electron chi connectivity index (χ4n) is 4.87. The lowest BCUT2D eigenvalue weighted by Crippen LogP contribution is -2.42. The van der Waals surface area contributed by atoms with Crippen molar-refractivity contribution in [2.45, 2.75) is 45.7 Å². The van der Waals surface area contributed by atoms with Crippen molar-refractivity contribution in [3.63, 3.8) is 0 Å². The zero-order chi connectivity index (χ0) is 28.0. The molecule has 0 aliphatic carbocycles. The predicted octanol–water partition coefficient (Wildman–Crippen LogP) is 4.62. The molecule has 0 radical (unpaired) electrons. The van der Waals surface area contributed by atoms with E-state index >= 15 is 0 Å². The third kappa shape index (κ3) is 9.64. The Morgan fingerprint density at radius 1 is 1.13 bits per heavy atom. The Morgan fingerprint density at radius 3 is 2.59 bits per heavy atom. The summed E-state index contributed by atoms with van der Waals surface area (Å²) in [5.41, 5.74) is 4.76. The topological polar surface area (TPSA) is 71.1 Å². The molecule has 1 amide bonds. The van der Waals surface area contributed by atoms with Gasteiger partial charge in [-0.15, -0.1) is 0 Å². The highest BCUT2D eigenvalue weighted by Crippen LogP contribution is 2.29. The number of rotatable bonds is 15. The van der Waals surface area contributed by atoms with E-state index in [1.54, 1.807) is 11.8 Å². The number of methoxy groups -OCH3 is 1. The van der Waals surface area contributed by atoms with E-state index in [2.05, 4.69) is 53.2 Å². The molecule has 0 spiro atoms. The number of esters is 1. The zero-order valence-corrected chi connectivity index (χ0v) is 24.9. The van der Waals surface area contributed by atoms with Gasteiger partial charge in [0.1, 0.15) is 6.04 Å². The number of aryl methyl sites for hydroxylation is 1. The fourth-order valence-corrected chi connectivity index (χ4v) is 5.34. The van der Waals surface area contributed by atoms with Gasteiger partial charge in [-0.1, -0.05) is 43.7 Å². The Balaban J connectivity index is 1.86. The molecule has 1 atom stereocenters. The van der Waals surface area contributed by atoms with Gasteiger partial charge in [-0.05, 0) is 72.7 Å². The molecule has 3 rings (SSSR count). The first kappa shape index (κ1) is 31.1. The largest absolute Gasteiger partial charge is 0.467 e. The van der Waals surface area contributed by atoms with E-state index < -0.39 is 12.0 Å². The maximum Gasteiger partial charge on any atom is 0.328 e. The predicted molar refractivity (Wildman–Crippen MR) is 160 cm³/mol. The Hall–Kier alpha value is -2.39. The van der Waals surface area contributed by atoms with Crippen molar-refractivity contribution < 1.29 is 19.1 Å². The molecule has 1 unspecified atom stereocenters. The number of hydrogen-bond acceptors (Lipinski definition) is 7. The van der Waals surface area contributed by atoms with Crippen LogP contribution >= 0.6 is 11.8 Å². The van der Waals surface area contributed by atoms with Gasteiger partial charge in [-0.25, -0.2) is 4.79 Å². The normalized spacial score (nSPS) is 14.8. The first-order valence-corrected chi connectivity index (χ1v) is 15.4. The zero-order valence-electron chi connectivity index (χ0n) is 24.0. The van der Waals surface area contributed by atoms with Crippen molar-refractivity contribution in [2.75, 3.05) is 65.1 Å². The standard InChI is InChI=1S/C31H45N3O4S/c1-5-6-14-34(16-15-33-17-19-38-20-18-33)23-25-11-12-27(28(22-25)26-10-8-7-9-24(26)2)30(35)32-29(13-21-39-4)31(36)37-3/h7-12,22,29H,5-6,13-21,23H2,1-4H3,(H,32,35). The van der Waals surface area contributed by atoms with E-state index in [1.165, 1.54) is 12.7 Å². The van der Waals surface area contributed by atoms with Gasteiger partial charge in [-0.2, -0.15) is 11.8 Å². The summed E-state index contributed by atoms with van der Waals surface area (Å²) in [7, 11) is 1.36. The Bertz CT molecular complexity index is 1060. The summed E-state index contributed by atoms with van der Waals surface area (Å²) in [6, 6.07) is 13.6. The van der Waals surface area contributed by atoms with Gasteiger partial charge in [-0.3, -0.25) is 14.6 Å². The highest BCUT2D eigenvalue weighted by Gasteiger charge is 2.24. The first-order valence-electron chi connectivity index (χ1n) is 14.1. The van der Waals surface area contributed by atoms with Crippen molar-refractivity contribution in [3.8, 4) is 11.1 Å². The van der Waals surface area contributed by atoms with Gasteiger partial charge in [0, 0.05) is 38.3 Å². The van der Waals surface area contributed by atoms with Crippen LogP contribution in [0.5, 0.6) is 0 Å². The molecular weight excluding hydrogens is 510 g/mol. The molecule has 2 aromatic rings. The van der Waals surface area contributed by atoms with Crippen LogP contribution in [0, 0.1) is 6.92 Å². The van der Waals surface area contributed by atoms with Crippen molar-refractivity contribution in [3.05, 3.63) is 59.2 Å². The number of nitrogens with zero attached hydrogens (tertiary/aromatic N) is 2. The minimum Gasteiger partial charge on any atom is -0.467 e. The van der Waals surface area contributed by atoms with E-state index in [4.69, 9.17) is 9.47 Å². The maximum atomic E-state index is 13.5. The number of carbonyl (C=O) groups is 2. The third-order valence-electron chi connectivity index (χ3n) is 7.24. The van der Waals surface area contributed by atoms with Crippen molar-refractivity contribution in [1.82, 2.24) is 15.1 Å². The lowest BCUT2D eigenvalue weighted by Gasteiger charge is -2.30. The number of carbonyl (C=O) groups excluding carboxylic acids is 2. The average molecular weight is 556 g/mol. The molecule has 1 aliphatic rings. The molecule has 214 valence electrons. The molecule has 1 fully saturated rings. The summed E-state index contributed by atoms with van der Waals surface area (Å²) < 4.78 is 10.5. The molecule has 0 bridgehead atoms. The van der Waals surface area contributed by atoms with Crippen LogP contribution in [0.25, 0.3) is 11.1 Å². The number of nitrogens with one attached hydrogen (secondary N) is 1. The second kappa shape index (κ2) is 16.7. The molecule has 1 aliphatic heterocycles. The SMILES string of the molecule is CCCCN(CCN1CCOCC1)Cc1ccc(C(=O)NC(CCSC)C(=O)OC)c(-c2ccccc2C)c1. The summed E-state index contributed by atoms with van der Waals surface area (Å²) >= 11 is 1.64.